The van der Waals surface area contributed by atoms with Crippen molar-refractivity contribution >= 4 is 0 Å². The minimum absolute atomic E-state index is 0.0656. The molecule has 3 aromatic carbocycles. The molecule has 4 rings (SSSR count). The first-order chi connectivity index (χ1) is 13.9. The highest BCUT2D eigenvalue weighted by Gasteiger charge is 2.34. The summed E-state index contributed by atoms with van der Waals surface area (Å²) in [4.78, 5) is 0. The van der Waals surface area contributed by atoms with Crippen LogP contribution < -0.4 is 0 Å². The molecular weight excluding hydrogens is 364 g/mol. The van der Waals surface area contributed by atoms with Crippen molar-refractivity contribution in [3.8, 4) is 5.75 Å². The molecule has 1 aliphatic rings. The lowest BCUT2D eigenvalue weighted by molar-refractivity contribution is 0.0985. The summed E-state index contributed by atoms with van der Waals surface area (Å²) < 4.78 is 5.38. The maximum Gasteiger partial charge on any atom is 0.125 e. The van der Waals surface area contributed by atoms with Crippen molar-refractivity contribution in [1.29, 1.82) is 0 Å². The lowest BCUT2D eigenvalue weighted by Gasteiger charge is -2.29. The van der Waals surface area contributed by atoms with Crippen molar-refractivity contribution < 1.29 is 20.1 Å². The molecular formula is C25H26O4. The van der Waals surface area contributed by atoms with Crippen molar-refractivity contribution in [1.82, 2.24) is 0 Å². The molecule has 3 unspecified atom stereocenters. The summed E-state index contributed by atoms with van der Waals surface area (Å²) in [5.74, 6) is 0.0656. The Hall–Kier alpha value is -2.66. The molecule has 3 N–H and O–H groups in total. The summed E-state index contributed by atoms with van der Waals surface area (Å²) >= 11 is 0. The van der Waals surface area contributed by atoms with E-state index in [0.717, 1.165) is 11.1 Å². The minimum atomic E-state index is -1.41. The SMILES string of the molecule is Cc1c(C(O)c2ccccc2)cc(C(C)(O)c2ccccc2)c(O)c1CC1CO1. The Morgan fingerprint density at radius 3 is 2.24 bits per heavy atom. The first-order valence-electron chi connectivity index (χ1n) is 9.88. The molecule has 0 saturated carbocycles. The van der Waals surface area contributed by atoms with Gasteiger partial charge in [0.15, 0.2) is 0 Å². The van der Waals surface area contributed by atoms with Crippen LogP contribution in [0.4, 0.5) is 0 Å². The first kappa shape index (κ1) is 19.6. The average molecular weight is 390 g/mol. The van der Waals surface area contributed by atoms with Crippen LogP contribution in [0.1, 0.15) is 46.4 Å². The summed E-state index contributed by atoms with van der Waals surface area (Å²) in [6.45, 7) is 4.23. The number of epoxide rings is 1. The second kappa shape index (κ2) is 7.64. The monoisotopic (exact) mass is 390 g/mol. The van der Waals surface area contributed by atoms with Gasteiger partial charge in [0.2, 0.25) is 0 Å². The van der Waals surface area contributed by atoms with Crippen LogP contribution in [-0.2, 0) is 16.8 Å². The van der Waals surface area contributed by atoms with E-state index < -0.39 is 11.7 Å². The molecule has 1 heterocycles. The van der Waals surface area contributed by atoms with Crippen molar-refractivity contribution in [2.24, 2.45) is 0 Å². The van der Waals surface area contributed by atoms with Crippen molar-refractivity contribution in [3.63, 3.8) is 0 Å². The second-order valence-electron chi connectivity index (χ2n) is 7.88. The number of hydrogen-bond donors (Lipinski definition) is 3. The fourth-order valence-electron chi connectivity index (χ4n) is 3.90. The highest BCUT2D eigenvalue weighted by atomic mass is 16.6. The molecule has 4 heteroatoms. The van der Waals surface area contributed by atoms with Crippen LogP contribution in [0.25, 0.3) is 0 Å². The summed E-state index contributed by atoms with van der Waals surface area (Å²) in [6.07, 6.45) is -0.246. The number of aliphatic hydroxyl groups is 2. The summed E-state index contributed by atoms with van der Waals surface area (Å²) in [5.41, 5.74) is 2.62. The van der Waals surface area contributed by atoms with E-state index in [4.69, 9.17) is 4.74 Å². The van der Waals surface area contributed by atoms with Gasteiger partial charge in [0.25, 0.3) is 0 Å². The fraction of sp³-hybridized carbons (Fsp3) is 0.280. The van der Waals surface area contributed by atoms with Crippen molar-refractivity contribution in [3.05, 3.63) is 100 Å². The molecule has 3 atom stereocenters. The molecule has 29 heavy (non-hydrogen) atoms. The number of aliphatic hydroxyl groups excluding tert-OH is 1. The topological polar surface area (TPSA) is 73.2 Å². The number of phenolic OH excluding ortho intramolecular Hbond substituents is 1. The Morgan fingerprint density at radius 1 is 1.07 bits per heavy atom. The minimum Gasteiger partial charge on any atom is -0.507 e. The zero-order valence-electron chi connectivity index (χ0n) is 16.7. The molecule has 150 valence electrons. The van der Waals surface area contributed by atoms with Gasteiger partial charge in [0.1, 0.15) is 17.5 Å². The van der Waals surface area contributed by atoms with Crippen LogP contribution in [0, 0.1) is 6.92 Å². The molecule has 0 amide bonds. The normalized spacial score (nSPS) is 18.8. The zero-order chi connectivity index (χ0) is 20.6. The Bertz CT molecular complexity index is 992. The molecule has 3 aromatic rings. The Labute approximate surface area is 171 Å². The van der Waals surface area contributed by atoms with Crippen LogP contribution in [0.2, 0.25) is 0 Å². The van der Waals surface area contributed by atoms with Gasteiger partial charge in [-0.15, -0.1) is 0 Å². The summed E-state index contributed by atoms with van der Waals surface area (Å²) in [5, 5.41) is 33.6. The number of rotatable bonds is 6. The largest absolute Gasteiger partial charge is 0.507 e. The van der Waals surface area contributed by atoms with Gasteiger partial charge in [-0.2, -0.15) is 0 Å². The standard InChI is InChI=1S/C25H26O4/c1-16-20(13-19-15-29-19)24(27)22(25(2,28)18-11-7-4-8-12-18)14-21(16)23(26)17-9-5-3-6-10-17/h3-12,14,19,23,26-28H,13,15H2,1-2H3. The van der Waals surface area contributed by atoms with Gasteiger partial charge < -0.3 is 20.1 Å². The lowest BCUT2D eigenvalue weighted by Crippen LogP contribution is -2.24. The highest BCUT2D eigenvalue weighted by molar-refractivity contribution is 5.56. The van der Waals surface area contributed by atoms with Gasteiger partial charge in [-0.1, -0.05) is 60.7 Å². The molecule has 1 saturated heterocycles. The van der Waals surface area contributed by atoms with E-state index >= 15 is 0 Å². The maximum atomic E-state index is 11.4. The van der Waals surface area contributed by atoms with Gasteiger partial charge in [-0.3, -0.25) is 0 Å². The quantitative estimate of drug-likeness (QED) is 0.557. The van der Waals surface area contributed by atoms with Crippen LogP contribution in [-0.4, -0.2) is 28.0 Å². The third-order valence-electron chi connectivity index (χ3n) is 5.83. The Kier molecular flexibility index (Phi) is 5.17. The van der Waals surface area contributed by atoms with Crippen LogP contribution in [0.15, 0.2) is 66.7 Å². The predicted molar refractivity (Wildman–Crippen MR) is 112 cm³/mol. The summed E-state index contributed by atoms with van der Waals surface area (Å²) in [7, 11) is 0. The Balaban J connectivity index is 1.89. The van der Waals surface area contributed by atoms with E-state index in [1.807, 2.05) is 67.6 Å². The number of benzene rings is 3. The van der Waals surface area contributed by atoms with E-state index in [9.17, 15) is 15.3 Å². The van der Waals surface area contributed by atoms with Crippen molar-refractivity contribution in [2.45, 2.75) is 38.1 Å². The smallest absolute Gasteiger partial charge is 0.125 e. The molecule has 0 aromatic heterocycles. The van der Waals surface area contributed by atoms with E-state index in [2.05, 4.69) is 0 Å². The molecule has 0 spiro atoms. The molecule has 1 fully saturated rings. The fourth-order valence-corrected chi connectivity index (χ4v) is 3.90. The van der Waals surface area contributed by atoms with E-state index in [1.165, 1.54) is 0 Å². The zero-order valence-corrected chi connectivity index (χ0v) is 16.7. The lowest BCUT2D eigenvalue weighted by atomic mass is 9.81. The van der Waals surface area contributed by atoms with Gasteiger partial charge in [0.05, 0.1) is 12.7 Å². The first-order valence-corrected chi connectivity index (χ1v) is 9.88. The number of phenols is 1. The third-order valence-corrected chi connectivity index (χ3v) is 5.83. The number of aromatic hydroxyl groups is 1. The summed E-state index contributed by atoms with van der Waals surface area (Å²) in [6, 6.07) is 20.4. The van der Waals surface area contributed by atoms with E-state index in [1.54, 1.807) is 13.0 Å². The predicted octanol–water partition coefficient (Wildman–Crippen LogP) is 3.98. The van der Waals surface area contributed by atoms with Gasteiger partial charge in [0, 0.05) is 17.5 Å². The average Bonchev–Trinajstić information content (AvgIpc) is 3.56. The molecule has 0 aliphatic carbocycles. The van der Waals surface area contributed by atoms with Gasteiger partial charge >= 0.3 is 0 Å². The van der Waals surface area contributed by atoms with Gasteiger partial charge in [-0.05, 0) is 42.2 Å². The van der Waals surface area contributed by atoms with E-state index in [-0.39, 0.29) is 11.9 Å². The molecule has 0 bridgehead atoms. The van der Waals surface area contributed by atoms with Crippen molar-refractivity contribution in [2.75, 3.05) is 6.61 Å². The second-order valence-corrected chi connectivity index (χ2v) is 7.88. The molecule has 1 aliphatic heterocycles. The maximum absolute atomic E-state index is 11.4. The number of ether oxygens (including phenoxy) is 1. The van der Waals surface area contributed by atoms with Crippen LogP contribution >= 0.6 is 0 Å². The van der Waals surface area contributed by atoms with Crippen LogP contribution in [0.5, 0.6) is 5.75 Å². The third kappa shape index (κ3) is 3.79. The van der Waals surface area contributed by atoms with E-state index in [0.29, 0.717) is 35.3 Å². The molecule has 0 radical (unpaired) electrons. The highest BCUT2D eigenvalue weighted by Crippen LogP contribution is 2.42. The van der Waals surface area contributed by atoms with Gasteiger partial charge in [-0.25, -0.2) is 0 Å². The Morgan fingerprint density at radius 2 is 1.66 bits per heavy atom. The molecule has 4 nitrogen and oxygen atoms in total. The van der Waals surface area contributed by atoms with Crippen LogP contribution in [0.3, 0.4) is 0 Å². The number of hydrogen-bond acceptors (Lipinski definition) is 4.